The highest BCUT2D eigenvalue weighted by atomic mass is 16.5. The van der Waals surface area contributed by atoms with E-state index < -0.39 is 0 Å². The Morgan fingerprint density at radius 2 is 1.82 bits per heavy atom. The van der Waals surface area contributed by atoms with Crippen molar-refractivity contribution in [2.75, 3.05) is 19.7 Å². The van der Waals surface area contributed by atoms with E-state index in [1.54, 1.807) is 12.4 Å². The van der Waals surface area contributed by atoms with Crippen molar-refractivity contribution in [3.05, 3.63) is 54.0 Å². The maximum Gasteiger partial charge on any atom is 0.235 e. The largest absolute Gasteiger partial charge is 0.476 e. The maximum absolute atomic E-state index is 5.84. The van der Waals surface area contributed by atoms with Crippen molar-refractivity contribution in [3.8, 4) is 5.88 Å². The number of aryl methyl sites for hydroxylation is 1. The number of nitrogens with zero attached hydrogens (tertiary/aromatic N) is 3. The highest BCUT2D eigenvalue weighted by molar-refractivity contribution is 5.15. The first kappa shape index (κ1) is 15.0. The van der Waals surface area contributed by atoms with Gasteiger partial charge in [-0.3, -0.25) is 9.88 Å². The summed E-state index contributed by atoms with van der Waals surface area (Å²) in [7, 11) is 0. The van der Waals surface area contributed by atoms with Gasteiger partial charge < -0.3 is 4.74 Å². The number of ether oxygens (including phenoxy) is 1. The molecular formula is C18H23N3O. The van der Waals surface area contributed by atoms with E-state index in [1.165, 1.54) is 18.4 Å². The molecule has 22 heavy (non-hydrogen) atoms. The predicted octanol–water partition coefficient (Wildman–Crippen LogP) is 3.08. The van der Waals surface area contributed by atoms with Crippen LogP contribution < -0.4 is 4.74 Å². The number of aromatic nitrogens is 2. The van der Waals surface area contributed by atoms with Crippen LogP contribution in [0, 0.1) is 12.8 Å². The quantitative estimate of drug-likeness (QED) is 0.850. The smallest absolute Gasteiger partial charge is 0.235 e. The Bertz CT molecular complexity index is 580. The van der Waals surface area contributed by atoms with Crippen LogP contribution in [0.3, 0.4) is 0 Å². The molecule has 1 aromatic heterocycles. The molecule has 0 atom stereocenters. The van der Waals surface area contributed by atoms with Crippen molar-refractivity contribution in [1.29, 1.82) is 0 Å². The summed E-state index contributed by atoms with van der Waals surface area (Å²) in [6.45, 7) is 6.02. The van der Waals surface area contributed by atoms with Gasteiger partial charge in [0.15, 0.2) is 0 Å². The molecule has 1 aliphatic rings. The molecule has 0 spiro atoms. The first-order valence-corrected chi connectivity index (χ1v) is 7.98. The summed E-state index contributed by atoms with van der Waals surface area (Å²) in [4.78, 5) is 11.0. The van der Waals surface area contributed by atoms with Crippen LogP contribution in [0.1, 0.15) is 24.1 Å². The summed E-state index contributed by atoms with van der Waals surface area (Å²) in [5, 5.41) is 0. The van der Waals surface area contributed by atoms with Crippen LogP contribution in [0.25, 0.3) is 0 Å². The zero-order valence-corrected chi connectivity index (χ0v) is 13.1. The Hall–Kier alpha value is -1.94. The lowest BCUT2D eigenvalue weighted by atomic mass is 9.97. The molecule has 116 valence electrons. The Labute approximate surface area is 132 Å². The molecule has 0 radical (unpaired) electrons. The zero-order valence-electron chi connectivity index (χ0n) is 13.1. The van der Waals surface area contributed by atoms with Gasteiger partial charge in [-0.25, -0.2) is 4.98 Å². The Balaban J connectivity index is 1.43. The number of hydrogen-bond acceptors (Lipinski definition) is 4. The number of likely N-dealkylation sites (tertiary alicyclic amines) is 1. The van der Waals surface area contributed by atoms with Gasteiger partial charge in [0, 0.05) is 18.9 Å². The van der Waals surface area contributed by atoms with E-state index in [2.05, 4.69) is 45.2 Å². The van der Waals surface area contributed by atoms with E-state index in [1.807, 2.05) is 6.92 Å². The van der Waals surface area contributed by atoms with Crippen LogP contribution in [-0.2, 0) is 6.54 Å². The molecule has 0 bridgehead atoms. The lowest BCUT2D eigenvalue weighted by Crippen LogP contribution is -2.35. The summed E-state index contributed by atoms with van der Waals surface area (Å²) >= 11 is 0. The first-order chi connectivity index (χ1) is 10.8. The monoisotopic (exact) mass is 297 g/mol. The minimum Gasteiger partial charge on any atom is -0.476 e. The molecule has 0 aliphatic carbocycles. The highest BCUT2D eigenvalue weighted by Gasteiger charge is 2.20. The van der Waals surface area contributed by atoms with E-state index in [0.717, 1.165) is 31.9 Å². The van der Waals surface area contributed by atoms with Gasteiger partial charge in [0.1, 0.15) is 0 Å². The lowest BCUT2D eigenvalue weighted by molar-refractivity contribution is 0.134. The molecule has 1 saturated heterocycles. The number of piperidine rings is 1. The molecule has 2 aromatic rings. The molecule has 0 N–H and O–H groups in total. The molecule has 1 aromatic carbocycles. The summed E-state index contributed by atoms with van der Waals surface area (Å²) in [5.41, 5.74) is 2.26. The fraction of sp³-hybridized carbons (Fsp3) is 0.444. The molecule has 1 aliphatic heterocycles. The van der Waals surface area contributed by atoms with Gasteiger partial charge in [-0.15, -0.1) is 0 Å². The molecule has 0 amide bonds. The van der Waals surface area contributed by atoms with Gasteiger partial charge in [-0.1, -0.05) is 30.3 Å². The molecule has 2 heterocycles. The van der Waals surface area contributed by atoms with Crippen LogP contribution in [-0.4, -0.2) is 34.6 Å². The summed E-state index contributed by atoms with van der Waals surface area (Å²) < 4.78 is 5.84. The summed E-state index contributed by atoms with van der Waals surface area (Å²) in [5.74, 6) is 1.29. The second kappa shape index (κ2) is 7.36. The average Bonchev–Trinajstić information content (AvgIpc) is 2.56. The van der Waals surface area contributed by atoms with Crippen molar-refractivity contribution in [3.63, 3.8) is 0 Å². The van der Waals surface area contributed by atoms with Crippen LogP contribution in [0.4, 0.5) is 0 Å². The van der Waals surface area contributed by atoms with E-state index in [-0.39, 0.29) is 0 Å². The lowest BCUT2D eigenvalue weighted by Gasteiger charge is -2.31. The number of benzene rings is 1. The summed E-state index contributed by atoms with van der Waals surface area (Å²) in [6.07, 6.45) is 5.76. The van der Waals surface area contributed by atoms with Crippen molar-refractivity contribution in [2.45, 2.75) is 26.3 Å². The molecule has 3 rings (SSSR count). The third-order valence-electron chi connectivity index (χ3n) is 4.25. The van der Waals surface area contributed by atoms with Crippen molar-refractivity contribution < 1.29 is 4.74 Å². The van der Waals surface area contributed by atoms with E-state index in [9.17, 15) is 0 Å². The van der Waals surface area contributed by atoms with Gasteiger partial charge in [-0.05, 0) is 44.3 Å². The molecule has 4 nitrogen and oxygen atoms in total. The standard InChI is InChI=1S/C18H23N3O/c1-15-18(20-10-9-19-15)22-14-17-7-11-21(12-8-17)13-16-5-3-2-4-6-16/h2-6,9-10,17H,7-8,11-14H2,1H3. The molecule has 0 unspecified atom stereocenters. The SMILES string of the molecule is Cc1nccnc1OCC1CCN(Cc2ccccc2)CC1. The van der Waals surface area contributed by atoms with Crippen LogP contribution >= 0.6 is 0 Å². The van der Waals surface area contributed by atoms with E-state index >= 15 is 0 Å². The number of rotatable bonds is 5. The van der Waals surface area contributed by atoms with Gasteiger partial charge in [0.25, 0.3) is 0 Å². The molecule has 0 saturated carbocycles. The fourth-order valence-corrected chi connectivity index (χ4v) is 2.89. The molecular weight excluding hydrogens is 274 g/mol. The molecule has 4 heteroatoms. The van der Waals surface area contributed by atoms with Gasteiger partial charge in [0.05, 0.1) is 12.3 Å². The summed E-state index contributed by atoms with van der Waals surface area (Å²) in [6, 6.07) is 10.7. The predicted molar refractivity (Wildman–Crippen MR) is 86.7 cm³/mol. The minimum atomic E-state index is 0.619. The van der Waals surface area contributed by atoms with Crippen LogP contribution in [0.2, 0.25) is 0 Å². The average molecular weight is 297 g/mol. The maximum atomic E-state index is 5.84. The normalized spacial score (nSPS) is 16.6. The third kappa shape index (κ3) is 4.04. The Morgan fingerprint density at radius 1 is 1.09 bits per heavy atom. The Morgan fingerprint density at radius 3 is 2.55 bits per heavy atom. The topological polar surface area (TPSA) is 38.3 Å². The van der Waals surface area contributed by atoms with Crippen molar-refractivity contribution in [2.24, 2.45) is 5.92 Å². The van der Waals surface area contributed by atoms with Crippen molar-refractivity contribution >= 4 is 0 Å². The van der Waals surface area contributed by atoms with E-state index in [4.69, 9.17) is 4.74 Å². The van der Waals surface area contributed by atoms with Gasteiger partial charge in [-0.2, -0.15) is 0 Å². The zero-order chi connectivity index (χ0) is 15.2. The number of hydrogen-bond donors (Lipinski definition) is 0. The van der Waals surface area contributed by atoms with Crippen LogP contribution in [0.5, 0.6) is 5.88 Å². The Kier molecular flexibility index (Phi) is 5.01. The second-order valence-corrected chi connectivity index (χ2v) is 5.96. The van der Waals surface area contributed by atoms with Crippen LogP contribution in [0.15, 0.2) is 42.7 Å². The first-order valence-electron chi connectivity index (χ1n) is 7.98. The van der Waals surface area contributed by atoms with E-state index in [0.29, 0.717) is 11.8 Å². The van der Waals surface area contributed by atoms with Crippen molar-refractivity contribution in [1.82, 2.24) is 14.9 Å². The highest BCUT2D eigenvalue weighted by Crippen LogP contribution is 2.20. The fourth-order valence-electron chi connectivity index (χ4n) is 2.89. The molecule has 1 fully saturated rings. The van der Waals surface area contributed by atoms with Gasteiger partial charge in [0.2, 0.25) is 5.88 Å². The third-order valence-corrected chi connectivity index (χ3v) is 4.25. The minimum absolute atomic E-state index is 0.619. The van der Waals surface area contributed by atoms with Gasteiger partial charge >= 0.3 is 0 Å². The second-order valence-electron chi connectivity index (χ2n) is 5.96.